The molecule has 7 rings (SSSR count). The zero-order chi connectivity index (χ0) is 35.9. The van der Waals surface area contributed by atoms with E-state index >= 15 is 0 Å². The van der Waals surface area contributed by atoms with Crippen LogP contribution in [-0.2, 0) is 28.7 Å². The fraction of sp³-hybridized carbons (Fsp3) is 0.907. The number of carbonyl (C=O) groups is 4. The monoisotopic (exact) mass is 709 g/mol. The van der Waals surface area contributed by atoms with Crippen LogP contribution in [0.1, 0.15) is 136 Å². The summed E-state index contributed by atoms with van der Waals surface area (Å²) in [6.45, 7) is 9.03. The summed E-state index contributed by atoms with van der Waals surface area (Å²) in [6, 6.07) is 0.386. The molecule has 7 aliphatic rings. The third kappa shape index (κ3) is 8.60. The molecule has 5 aliphatic carbocycles. The number of ketones is 4. The lowest BCUT2D eigenvalue weighted by molar-refractivity contribution is -0.137. The Balaban J connectivity index is 0.844. The largest absolute Gasteiger partial charge is 0.375 e. The first-order valence-electron chi connectivity index (χ1n) is 21.3. The predicted octanol–water partition coefficient (Wildman–Crippen LogP) is 6.85. The summed E-state index contributed by atoms with van der Waals surface area (Å²) < 4.78 is 13.5. The van der Waals surface area contributed by atoms with Gasteiger partial charge in [0, 0.05) is 29.7 Å². The predicted molar refractivity (Wildman–Crippen MR) is 197 cm³/mol. The van der Waals surface area contributed by atoms with Crippen molar-refractivity contribution < 1.29 is 28.7 Å². The number of likely N-dealkylation sites (tertiary alicyclic amines) is 2. The van der Waals surface area contributed by atoms with Gasteiger partial charge in [0.05, 0.1) is 50.6 Å². The molecule has 2 heterocycles. The summed E-state index contributed by atoms with van der Waals surface area (Å²) in [6.07, 6.45) is 19.5. The van der Waals surface area contributed by atoms with E-state index in [1.54, 1.807) is 0 Å². The number of rotatable bonds is 7. The Morgan fingerprint density at radius 1 is 0.510 bits per heavy atom. The van der Waals surface area contributed by atoms with Crippen molar-refractivity contribution in [3.05, 3.63) is 0 Å². The first-order valence-corrected chi connectivity index (χ1v) is 21.3. The number of ether oxygens (including phenoxy) is 2. The maximum atomic E-state index is 13.6. The molecule has 2 aliphatic heterocycles. The van der Waals surface area contributed by atoms with Crippen LogP contribution < -0.4 is 0 Å². The van der Waals surface area contributed by atoms with E-state index < -0.39 is 0 Å². The molecule has 0 aromatic carbocycles. The third-order valence-corrected chi connectivity index (χ3v) is 15.5. The van der Waals surface area contributed by atoms with Crippen LogP contribution >= 0.6 is 0 Å². The van der Waals surface area contributed by atoms with E-state index in [-0.39, 0.29) is 70.9 Å². The number of likely N-dealkylation sites (N-methyl/N-ethyl adjacent to an activating group) is 1. The van der Waals surface area contributed by atoms with Gasteiger partial charge in [-0.1, -0.05) is 33.6 Å². The molecular weight excluding hydrogens is 640 g/mol. The smallest absolute Gasteiger partial charge is 0.150 e. The van der Waals surface area contributed by atoms with Gasteiger partial charge in [0.1, 0.15) is 0 Å². The molecule has 8 atom stereocenters. The van der Waals surface area contributed by atoms with Gasteiger partial charge < -0.3 is 9.47 Å². The number of Topliss-reactive ketones (excluding diaryl/α,β-unsaturated/α-hetero) is 4. The van der Waals surface area contributed by atoms with E-state index in [2.05, 4.69) is 25.7 Å². The van der Waals surface area contributed by atoms with Gasteiger partial charge in [-0.25, -0.2) is 0 Å². The first-order chi connectivity index (χ1) is 24.4. The zero-order valence-corrected chi connectivity index (χ0v) is 32.3. The molecule has 0 spiro atoms. The summed E-state index contributed by atoms with van der Waals surface area (Å²) in [5, 5.41) is 0. The molecule has 51 heavy (non-hydrogen) atoms. The average molecular weight is 709 g/mol. The molecule has 2 saturated heterocycles. The summed E-state index contributed by atoms with van der Waals surface area (Å²) in [4.78, 5) is 56.8. The van der Waals surface area contributed by atoms with E-state index in [1.165, 1.54) is 38.5 Å². The quantitative estimate of drug-likeness (QED) is 0.284. The van der Waals surface area contributed by atoms with Gasteiger partial charge in [-0.3, -0.25) is 29.0 Å². The molecule has 8 heteroatoms. The van der Waals surface area contributed by atoms with Crippen LogP contribution in [-0.4, -0.2) is 96.6 Å². The molecule has 0 amide bonds. The molecule has 5 saturated carbocycles. The Bertz CT molecular complexity index is 1270. The van der Waals surface area contributed by atoms with E-state index in [0.717, 1.165) is 77.0 Å². The maximum absolute atomic E-state index is 13.6. The summed E-state index contributed by atoms with van der Waals surface area (Å²) in [7, 11) is 1.88. The lowest BCUT2D eigenvalue weighted by Crippen LogP contribution is -2.43. The second-order valence-corrected chi connectivity index (χ2v) is 19.2. The van der Waals surface area contributed by atoms with Crippen molar-refractivity contribution >= 4 is 23.1 Å². The summed E-state index contributed by atoms with van der Waals surface area (Å²) >= 11 is 0. The number of nitrogens with zero attached hydrogens (tertiary/aromatic N) is 2. The van der Waals surface area contributed by atoms with Crippen molar-refractivity contribution in [1.82, 2.24) is 9.80 Å². The molecule has 8 nitrogen and oxygen atoms in total. The second kappa shape index (κ2) is 16.1. The lowest BCUT2D eigenvalue weighted by Gasteiger charge is -2.47. The first kappa shape index (κ1) is 37.8. The van der Waals surface area contributed by atoms with Crippen LogP contribution in [0.4, 0.5) is 0 Å². The van der Waals surface area contributed by atoms with Gasteiger partial charge >= 0.3 is 0 Å². The van der Waals surface area contributed by atoms with Crippen molar-refractivity contribution in [2.45, 2.75) is 167 Å². The van der Waals surface area contributed by atoms with Gasteiger partial charge in [0.15, 0.2) is 23.1 Å². The Morgan fingerprint density at radius 2 is 0.941 bits per heavy atom. The van der Waals surface area contributed by atoms with Crippen LogP contribution in [0.5, 0.6) is 0 Å². The maximum Gasteiger partial charge on any atom is 0.150 e. The molecule has 7 fully saturated rings. The number of fused-ring (bicyclic) bond motifs is 2. The summed E-state index contributed by atoms with van der Waals surface area (Å²) in [5.74, 6) is 2.60. The number of carbonyl (C=O) groups excluding carboxylic acids is 4. The average Bonchev–Trinajstić information content (AvgIpc) is 3.30. The van der Waals surface area contributed by atoms with Crippen LogP contribution in [0.2, 0.25) is 0 Å². The SMILES string of the molecule is CC1CCCC(N2CC(=O)C3CCC(OC4CCC(C(C)(C)C5CCC(OC6CCC7C(=O)CN(C)CC(=O)C7C6)CC5)CC4)CC3C(=O)C2)C1. The standard InChI is InChI=1S/C43H68N2O6/c1-27-6-5-7-30(20-27)45-25-41(48)36-19-17-34(22-38(36)42(49)26-45)51-32-14-10-29(11-15-32)43(2,3)28-8-12-31(13-9-28)50-33-16-18-35-37(21-33)40(47)24-44(4)23-39(35)46/h27-38H,5-26H2,1-4H3. The van der Waals surface area contributed by atoms with Gasteiger partial charge in [-0.2, -0.15) is 0 Å². The molecular formula is C43H68N2O6. The normalized spacial score (nSPS) is 42.5. The molecule has 0 bridgehead atoms. The van der Waals surface area contributed by atoms with Crippen molar-refractivity contribution in [2.75, 3.05) is 33.2 Å². The minimum atomic E-state index is -0.157. The fourth-order valence-corrected chi connectivity index (χ4v) is 12.3. The minimum Gasteiger partial charge on any atom is -0.375 e. The molecule has 0 N–H and O–H groups in total. The molecule has 0 radical (unpaired) electrons. The molecule has 0 aromatic heterocycles. The van der Waals surface area contributed by atoms with Gasteiger partial charge in [0.2, 0.25) is 0 Å². The van der Waals surface area contributed by atoms with Gasteiger partial charge in [-0.05, 0) is 133 Å². The molecule has 8 unspecified atom stereocenters. The fourth-order valence-electron chi connectivity index (χ4n) is 12.3. The Labute approximate surface area is 307 Å². The van der Waals surface area contributed by atoms with Gasteiger partial charge in [-0.15, -0.1) is 0 Å². The molecule has 0 aromatic rings. The van der Waals surface area contributed by atoms with Crippen molar-refractivity contribution in [3.63, 3.8) is 0 Å². The van der Waals surface area contributed by atoms with Crippen LogP contribution in [0, 0.1) is 46.8 Å². The third-order valence-electron chi connectivity index (χ3n) is 15.5. The number of hydrogen-bond donors (Lipinski definition) is 0. The molecule has 286 valence electrons. The number of hydrogen-bond acceptors (Lipinski definition) is 8. The van der Waals surface area contributed by atoms with Crippen molar-refractivity contribution in [3.8, 4) is 0 Å². The minimum absolute atomic E-state index is 0.103. The highest BCUT2D eigenvalue weighted by Crippen LogP contribution is 2.50. The zero-order valence-electron chi connectivity index (χ0n) is 32.3. The van der Waals surface area contributed by atoms with E-state index in [0.29, 0.717) is 55.8 Å². The lowest BCUT2D eigenvalue weighted by atomic mass is 9.60. The van der Waals surface area contributed by atoms with Crippen LogP contribution in [0.15, 0.2) is 0 Å². The van der Waals surface area contributed by atoms with Crippen molar-refractivity contribution in [2.24, 2.45) is 46.8 Å². The van der Waals surface area contributed by atoms with Crippen LogP contribution in [0.3, 0.4) is 0 Å². The Morgan fingerprint density at radius 3 is 1.43 bits per heavy atom. The van der Waals surface area contributed by atoms with E-state index in [4.69, 9.17) is 9.47 Å². The van der Waals surface area contributed by atoms with E-state index in [9.17, 15) is 19.2 Å². The van der Waals surface area contributed by atoms with Gasteiger partial charge in [0.25, 0.3) is 0 Å². The Hall–Kier alpha value is -1.48. The summed E-state index contributed by atoms with van der Waals surface area (Å²) in [5.41, 5.74) is 0.278. The van der Waals surface area contributed by atoms with E-state index in [1.807, 2.05) is 11.9 Å². The van der Waals surface area contributed by atoms with Crippen LogP contribution in [0.25, 0.3) is 0 Å². The highest BCUT2D eigenvalue weighted by molar-refractivity contribution is 5.95. The Kier molecular flexibility index (Phi) is 11.9. The highest BCUT2D eigenvalue weighted by atomic mass is 16.5. The topological polar surface area (TPSA) is 93.2 Å². The van der Waals surface area contributed by atoms with Crippen molar-refractivity contribution in [1.29, 1.82) is 0 Å². The highest BCUT2D eigenvalue weighted by Gasteiger charge is 2.46. The second-order valence-electron chi connectivity index (χ2n) is 19.2.